The number of hydrogen-bond acceptors (Lipinski definition) is 7. The van der Waals surface area contributed by atoms with E-state index in [0.29, 0.717) is 17.4 Å². The minimum atomic E-state index is -4.71. The van der Waals surface area contributed by atoms with Crippen LogP contribution in [0.25, 0.3) is 0 Å². The largest absolute Gasteiger partial charge is 0.756 e. The Morgan fingerprint density at radius 2 is 0.693 bits per heavy atom. The van der Waals surface area contributed by atoms with Gasteiger partial charge in [-0.05, 0) is 70.3 Å². The number of carbonyl (C=O) groups is 2. The van der Waals surface area contributed by atoms with Gasteiger partial charge in [-0.2, -0.15) is 0 Å². The van der Waals surface area contributed by atoms with Crippen molar-refractivity contribution in [2.45, 2.75) is 399 Å². The summed E-state index contributed by atoms with van der Waals surface area (Å²) in [5.74, 6) is -0.522. The van der Waals surface area contributed by atoms with Gasteiger partial charge >= 0.3 is 5.97 Å². The molecule has 10 heteroatoms. The molecule has 0 spiro atoms. The van der Waals surface area contributed by atoms with Gasteiger partial charge in [0.15, 0.2) is 0 Å². The van der Waals surface area contributed by atoms with Gasteiger partial charge in [0.2, 0.25) is 5.91 Å². The molecule has 0 rings (SSSR count). The molecule has 518 valence electrons. The summed E-state index contributed by atoms with van der Waals surface area (Å²) in [7, 11) is 1.20. The lowest BCUT2D eigenvalue weighted by Crippen LogP contribution is -2.47. The maximum Gasteiger partial charge on any atom is 0.306 e. The average Bonchev–Trinajstić information content (AvgIpc) is 3.52. The van der Waals surface area contributed by atoms with Crippen molar-refractivity contribution in [1.29, 1.82) is 0 Å². The Labute approximate surface area is 548 Å². The highest BCUT2D eigenvalue weighted by molar-refractivity contribution is 7.45. The lowest BCUT2D eigenvalue weighted by atomic mass is 10.0. The molecule has 0 saturated heterocycles. The van der Waals surface area contributed by atoms with Gasteiger partial charge in [0.05, 0.1) is 33.8 Å². The molecular formula is C78H149N2O7P. The number of quaternary nitrogens is 1. The van der Waals surface area contributed by atoms with Crippen LogP contribution < -0.4 is 10.2 Å². The first-order chi connectivity index (χ1) is 42.9. The Hall–Kier alpha value is -2.03. The van der Waals surface area contributed by atoms with Crippen molar-refractivity contribution in [3.05, 3.63) is 48.6 Å². The molecule has 0 heterocycles. The molecule has 88 heavy (non-hydrogen) atoms. The highest BCUT2D eigenvalue weighted by atomic mass is 31.2. The molecule has 1 amide bonds. The van der Waals surface area contributed by atoms with Crippen LogP contribution in [-0.2, 0) is 27.9 Å². The third kappa shape index (κ3) is 68.3. The van der Waals surface area contributed by atoms with Gasteiger partial charge in [-0.1, -0.05) is 352 Å². The molecular weight excluding hydrogens is 1110 g/mol. The number of rotatable bonds is 71. The fourth-order valence-corrected chi connectivity index (χ4v) is 12.3. The summed E-state index contributed by atoms with van der Waals surface area (Å²) in [6.07, 6.45) is 86.8. The lowest BCUT2D eigenvalue weighted by molar-refractivity contribution is -0.870. The average molecular weight is 1260 g/mol. The molecule has 0 aliphatic rings. The van der Waals surface area contributed by atoms with E-state index in [4.69, 9.17) is 13.8 Å². The number of likely N-dealkylation sites (N-methyl/N-ethyl adjacent to an activating group) is 1. The van der Waals surface area contributed by atoms with Gasteiger partial charge < -0.3 is 28.5 Å². The standard InChI is InChI=1S/C78H149N2O7P/c1-7-10-13-16-19-22-25-28-30-32-34-36-38-40-42-44-46-48-50-52-55-58-61-64-67-70-77(81)79-75(74-86-88(83,84)85-73-72-80(4,5)6)76(69-66-63-60-57-54-27-24-21-18-15-12-9-3)87-78(82)71-68-65-62-59-56-53-51-49-47-45-43-41-39-37-35-33-31-29-26-23-20-17-14-11-8-2/h20,23,29,31,35,37,66,69,75-76H,7-19,21-22,24-28,30,32-34,36,38-65,67-68,70-74H2,1-6H3,(H-,79,81,83,84)/b23-20-,31-29-,37-35-,69-66+. The second kappa shape index (κ2) is 67.8. The SMILES string of the molecule is CCCCC/C=C\C/C=C\C/C=C\CCCCCCCCCCCCCCC(=O)OC(/C=C/CCCCCCCCCCCC)C(COP(=O)([O-])OCC[N+](C)(C)C)NC(=O)CCCCCCCCCCCCCCCCCCCCCCCCCCC. The van der Waals surface area contributed by atoms with Gasteiger partial charge in [-0.25, -0.2) is 0 Å². The Balaban J connectivity index is 4.95. The van der Waals surface area contributed by atoms with Crippen LogP contribution in [-0.4, -0.2) is 69.4 Å². The van der Waals surface area contributed by atoms with Gasteiger partial charge in [-0.3, -0.25) is 14.2 Å². The summed E-state index contributed by atoms with van der Waals surface area (Å²) >= 11 is 0. The topological polar surface area (TPSA) is 114 Å². The van der Waals surface area contributed by atoms with E-state index in [1.807, 2.05) is 33.3 Å². The van der Waals surface area contributed by atoms with Crippen molar-refractivity contribution in [2.24, 2.45) is 0 Å². The van der Waals surface area contributed by atoms with E-state index < -0.39 is 20.0 Å². The smallest absolute Gasteiger partial charge is 0.306 e. The summed E-state index contributed by atoms with van der Waals surface area (Å²) < 4.78 is 30.5. The molecule has 0 aliphatic carbocycles. The van der Waals surface area contributed by atoms with Crippen LogP contribution >= 0.6 is 7.82 Å². The van der Waals surface area contributed by atoms with Crippen molar-refractivity contribution in [3.63, 3.8) is 0 Å². The van der Waals surface area contributed by atoms with E-state index in [9.17, 15) is 19.0 Å². The maximum atomic E-state index is 13.6. The number of carbonyl (C=O) groups excluding carboxylic acids is 2. The Morgan fingerprint density at radius 1 is 0.398 bits per heavy atom. The molecule has 0 aromatic rings. The van der Waals surface area contributed by atoms with Crippen molar-refractivity contribution in [2.75, 3.05) is 40.9 Å². The number of hydrogen-bond donors (Lipinski definition) is 1. The van der Waals surface area contributed by atoms with E-state index in [1.165, 1.54) is 283 Å². The molecule has 0 aliphatic heterocycles. The third-order valence-electron chi connectivity index (χ3n) is 17.5. The van der Waals surface area contributed by atoms with Crippen molar-refractivity contribution < 1.29 is 37.3 Å². The first-order valence-electron chi connectivity index (χ1n) is 38.4. The number of nitrogens with one attached hydrogen (secondary N) is 1. The summed E-state index contributed by atoms with van der Waals surface area (Å²) in [6, 6.07) is -0.888. The first kappa shape index (κ1) is 86.0. The van der Waals surface area contributed by atoms with Crippen LogP contribution in [0.1, 0.15) is 387 Å². The van der Waals surface area contributed by atoms with Crippen LogP contribution in [0.3, 0.4) is 0 Å². The minimum absolute atomic E-state index is 0.0203. The van der Waals surface area contributed by atoms with Crippen LogP contribution in [0.2, 0.25) is 0 Å². The lowest BCUT2D eigenvalue weighted by Gasteiger charge is -2.30. The molecule has 0 saturated carbocycles. The zero-order valence-electron chi connectivity index (χ0n) is 59.5. The van der Waals surface area contributed by atoms with Gasteiger partial charge in [0.1, 0.15) is 19.3 Å². The Morgan fingerprint density at radius 3 is 1.06 bits per heavy atom. The fraction of sp³-hybridized carbons (Fsp3) is 0.872. The predicted octanol–water partition coefficient (Wildman–Crippen LogP) is 24.1. The number of allylic oxidation sites excluding steroid dienone is 7. The number of amides is 1. The molecule has 9 nitrogen and oxygen atoms in total. The number of esters is 1. The van der Waals surface area contributed by atoms with Crippen molar-refractivity contribution in [3.8, 4) is 0 Å². The summed E-state index contributed by atoms with van der Waals surface area (Å²) in [6.45, 7) is 6.88. The number of unbranched alkanes of at least 4 members (excludes halogenated alkanes) is 49. The molecule has 0 bridgehead atoms. The molecule has 0 aromatic heterocycles. The number of phosphoric acid groups is 1. The zero-order valence-corrected chi connectivity index (χ0v) is 60.3. The van der Waals surface area contributed by atoms with E-state index in [0.717, 1.165) is 70.6 Å². The van der Waals surface area contributed by atoms with Gasteiger partial charge in [-0.15, -0.1) is 0 Å². The van der Waals surface area contributed by atoms with E-state index in [-0.39, 0.29) is 31.5 Å². The third-order valence-corrected chi connectivity index (χ3v) is 18.5. The highest BCUT2D eigenvalue weighted by Gasteiger charge is 2.27. The molecule has 0 radical (unpaired) electrons. The van der Waals surface area contributed by atoms with E-state index >= 15 is 0 Å². The highest BCUT2D eigenvalue weighted by Crippen LogP contribution is 2.38. The fourth-order valence-electron chi connectivity index (χ4n) is 11.6. The zero-order chi connectivity index (χ0) is 64.2. The molecule has 3 atom stereocenters. The Kier molecular flexibility index (Phi) is 66.3. The van der Waals surface area contributed by atoms with Gasteiger partial charge in [0, 0.05) is 12.8 Å². The quantitative estimate of drug-likeness (QED) is 0.0212. The van der Waals surface area contributed by atoms with E-state index in [2.05, 4.69) is 62.5 Å². The maximum absolute atomic E-state index is 13.6. The monoisotopic (exact) mass is 1260 g/mol. The predicted molar refractivity (Wildman–Crippen MR) is 381 cm³/mol. The van der Waals surface area contributed by atoms with Crippen molar-refractivity contribution >= 4 is 19.7 Å². The number of ether oxygens (including phenoxy) is 1. The minimum Gasteiger partial charge on any atom is -0.756 e. The Bertz CT molecular complexity index is 1640. The number of phosphoric ester groups is 1. The van der Waals surface area contributed by atoms with Crippen LogP contribution in [0.15, 0.2) is 48.6 Å². The second-order valence-electron chi connectivity index (χ2n) is 27.5. The first-order valence-corrected chi connectivity index (χ1v) is 39.9. The summed E-state index contributed by atoms with van der Waals surface area (Å²) in [4.78, 5) is 40.3. The van der Waals surface area contributed by atoms with E-state index in [1.54, 1.807) is 0 Å². The van der Waals surface area contributed by atoms with Crippen LogP contribution in [0.5, 0.6) is 0 Å². The molecule has 0 fully saturated rings. The summed E-state index contributed by atoms with van der Waals surface area (Å²) in [5.41, 5.74) is 0. The molecule has 1 N–H and O–H groups in total. The van der Waals surface area contributed by atoms with Crippen LogP contribution in [0.4, 0.5) is 0 Å². The molecule has 3 unspecified atom stereocenters. The summed E-state index contributed by atoms with van der Waals surface area (Å²) in [5, 5.41) is 3.06. The van der Waals surface area contributed by atoms with Crippen LogP contribution in [0, 0.1) is 0 Å². The molecule has 0 aromatic carbocycles. The van der Waals surface area contributed by atoms with Crippen molar-refractivity contribution in [1.82, 2.24) is 5.32 Å². The number of nitrogens with zero attached hydrogens (tertiary/aromatic N) is 1. The second-order valence-corrected chi connectivity index (χ2v) is 28.9. The normalized spacial score (nSPS) is 13.7. The van der Waals surface area contributed by atoms with Gasteiger partial charge in [0.25, 0.3) is 7.82 Å².